The molecule has 0 aliphatic heterocycles. The summed E-state index contributed by atoms with van der Waals surface area (Å²) in [6, 6.07) is 13.5. The van der Waals surface area contributed by atoms with Crippen molar-refractivity contribution in [3.8, 4) is 23.6 Å². The summed E-state index contributed by atoms with van der Waals surface area (Å²) >= 11 is 0. The van der Waals surface area contributed by atoms with Gasteiger partial charge in [-0.05, 0) is 25.5 Å². The molecule has 0 bridgehead atoms. The molecule has 0 aliphatic rings. The first-order valence-electron chi connectivity index (χ1n) is 9.22. The Kier molecular flexibility index (Phi) is 5.05. The van der Waals surface area contributed by atoms with Crippen molar-refractivity contribution in [3.63, 3.8) is 0 Å². The maximum atomic E-state index is 9.77. The van der Waals surface area contributed by atoms with Crippen LogP contribution in [0, 0.1) is 29.6 Å². The molecule has 3 aromatic heterocycles. The molecule has 0 fully saturated rings. The molecule has 0 saturated carbocycles. The molecule has 0 spiro atoms. The number of fused-ring (bicyclic) bond motifs is 3. The van der Waals surface area contributed by atoms with Crippen molar-refractivity contribution in [2.75, 3.05) is 13.2 Å². The van der Waals surface area contributed by atoms with Crippen LogP contribution in [-0.2, 0) is 6.42 Å². The lowest BCUT2D eigenvalue weighted by Crippen LogP contribution is -2.01. The van der Waals surface area contributed by atoms with E-state index >= 15 is 0 Å². The third kappa shape index (κ3) is 3.59. The first-order chi connectivity index (χ1) is 14.2. The van der Waals surface area contributed by atoms with Gasteiger partial charge < -0.3 is 18.3 Å². The Morgan fingerprint density at radius 3 is 2.83 bits per heavy atom. The summed E-state index contributed by atoms with van der Waals surface area (Å²) in [5, 5.41) is 19.3. The van der Waals surface area contributed by atoms with Gasteiger partial charge in [0.25, 0.3) is 0 Å². The Labute approximate surface area is 167 Å². The van der Waals surface area contributed by atoms with E-state index in [9.17, 15) is 5.26 Å². The van der Waals surface area contributed by atoms with E-state index in [2.05, 4.69) is 11.1 Å². The fraction of sp³-hybridized carbons (Fsp3) is 0.227. The van der Waals surface area contributed by atoms with Crippen LogP contribution in [-0.4, -0.2) is 22.6 Å². The summed E-state index contributed by atoms with van der Waals surface area (Å²) in [5.74, 6) is 2.53. The molecular formula is C22H18N4O3. The quantitative estimate of drug-likeness (QED) is 0.442. The fourth-order valence-corrected chi connectivity index (χ4v) is 3.35. The smallest absolute Gasteiger partial charge is 0.194 e. The summed E-state index contributed by atoms with van der Waals surface area (Å²) < 4.78 is 19.0. The molecule has 7 heteroatoms. The molecule has 7 nitrogen and oxygen atoms in total. The number of hydrogen-bond acceptors (Lipinski definition) is 6. The van der Waals surface area contributed by atoms with Gasteiger partial charge >= 0.3 is 0 Å². The minimum atomic E-state index is -0.0666. The van der Waals surface area contributed by atoms with Crippen molar-refractivity contribution in [1.82, 2.24) is 9.38 Å². The van der Waals surface area contributed by atoms with Crippen LogP contribution < -0.4 is 9.47 Å². The topological polar surface area (TPSA) is 96.5 Å². The number of aryl methyl sites for hydroxylation is 2. The predicted octanol–water partition coefficient (Wildman–Crippen LogP) is 4.17. The number of rotatable bonds is 7. The monoisotopic (exact) mass is 386 g/mol. The van der Waals surface area contributed by atoms with Crippen LogP contribution in [0.1, 0.15) is 23.6 Å². The Morgan fingerprint density at radius 1 is 1.17 bits per heavy atom. The second-order valence-corrected chi connectivity index (χ2v) is 6.52. The molecule has 1 aromatic carbocycles. The Balaban J connectivity index is 1.68. The van der Waals surface area contributed by atoms with Crippen molar-refractivity contribution in [2.45, 2.75) is 19.8 Å². The molecule has 0 atom stereocenters. The lowest BCUT2D eigenvalue weighted by Gasteiger charge is -2.10. The second-order valence-electron chi connectivity index (χ2n) is 6.52. The number of hydrogen-bond donors (Lipinski definition) is 0. The summed E-state index contributed by atoms with van der Waals surface area (Å²) in [5.41, 5.74) is 2.14. The zero-order valence-electron chi connectivity index (χ0n) is 15.9. The zero-order chi connectivity index (χ0) is 20.2. The first kappa shape index (κ1) is 18.4. The third-order valence-electron chi connectivity index (χ3n) is 4.56. The first-order valence-corrected chi connectivity index (χ1v) is 9.22. The van der Waals surface area contributed by atoms with Gasteiger partial charge in [0.15, 0.2) is 12.5 Å². The van der Waals surface area contributed by atoms with Crippen molar-refractivity contribution < 1.29 is 13.9 Å². The lowest BCUT2D eigenvalue weighted by atomic mass is 10.1. The number of benzene rings is 1. The van der Waals surface area contributed by atoms with Crippen molar-refractivity contribution in [3.05, 3.63) is 59.9 Å². The molecule has 0 unspecified atom stereocenters. The molecule has 0 saturated heterocycles. The van der Waals surface area contributed by atoms with Crippen LogP contribution in [0.3, 0.4) is 0 Å². The van der Waals surface area contributed by atoms with Crippen molar-refractivity contribution in [1.29, 1.82) is 10.5 Å². The van der Waals surface area contributed by atoms with Crippen molar-refractivity contribution >= 4 is 16.4 Å². The van der Waals surface area contributed by atoms with E-state index in [-0.39, 0.29) is 6.61 Å². The molecule has 3 heterocycles. The Bertz CT molecular complexity index is 1260. The van der Waals surface area contributed by atoms with Gasteiger partial charge in [0, 0.05) is 24.8 Å². The molecule has 0 amide bonds. The number of ether oxygens (including phenoxy) is 2. The highest BCUT2D eigenvalue weighted by Crippen LogP contribution is 2.37. The van der Waals surface area contributed by atoms with Crippen LogP contribution in [0.5, 0.6) is 11.5 Å². The molecule has 0 N–H and O–H groups in total. The van der Waals surface area contributed by atoms with E-state index < -0.39 is 0 Å². The number of aromatic nitrogens is 2. The summed E-state index contributed by atoms with van der Waals surface area (Å²) in [7, 11) is 0. The highest BCUT2D eigenvalue weighted by molar-refractivity contribution is 6.00. The molecule has 0 aliphatic carbocycles. The van der Waals surface area contributed by atoms with E-state index in [1.165, 1.54) is 0 Å². The minimum absolute atomic E-state index is 0.0666. The average molecular weight is 386 g/mol. The van der Waals surface area contributed by atoms with Gasteiger partial charge in [-0.1, -0.05) is 6.07 Å². The summed E-state index contributed by atoms with van der Waals surface area (Å²) in [6.45, 7) is 2.22. The van der Waals surface area contributed by atoms with Crippen LogP contribution >= 0.6 is 0 Å². The minimum Gasteiger partial charge on any atom is -0.493 e. The Hall–Kier alpha value is -3.97. The van der Waals surface area contributed by atoms with Crippen LogP contribution in [0.2, 0.25) is 0 Å². The zero-order valence-corrected chi connectivity index (χ0v) is 15.9. The van der Waals surface area contributed by atoms with Crippen molar-refractivity contribution in [2.24, 2.45) is 0 Å². The van der Waals surface area contributed by atoms with Gasteiger partial charge in [-0.2, -0.15) is 10.5 Å². The standard InChI is InChI=1S/C22H18N4O3/c1-15-14-25-21(29-15)6-4-9-28-20-12-16(27-10-7-23)11-19-22(20)17(13-24)18-5-2-3-8-26(18)19/h2-3,5,8,11-12,14H,4,6,9-10H2,1H3. The molecule has 4 aromatic rings. The average Bonchev–Trinajstić information content (AvgIpc) is 3.30. The number of nitrogens with zero attached hydrogens (tertiary/aromatic N) is 4. The van der Waals surface area contributed by atoms with E-state index in [1.807, 2.05) is 47.9 Å². The SMILES string of the molecule is Cc1cnc(CCCOc2cc(OCC#N)cc3c2c(C#N)c2ccccn23)o1. The highest BCUT2D eigenvalue weighted by Gasteiger charge is 2.18. The maximum absolute atomic E-state index is 9.77. The van der Waals surface area contributed by atoms with Gasteiger partial charge in [-0.15, -0.1) is 0 Å². The predicted molar refractivity (Wildman–Crippen MR) is 106 cm³/mol. The molecule has 4 rings (SSSR count). The highest BCUT2D eigenvalue weighted by atomic mass is 16.5. The lowest BCUT2D eigenvalue weighted by molar-refractivity contribution is 0.304. The number of oxazole rings is 1. The van der Waals surface area contributed by atoms with Gasteiger partial charge in [0.2, 0.25) is 0 Å². The Morgan fingerprint density at radius 2 is 2.07 bits per heavy atom. The normalized spacial score (nSPS) is 10.7. The van der Waals surface area contributed by atoms with Gasteiger partial charge in [0.05, 0.1) is 34.8 Å². The molecule has 29 heavy (non-hydrogen) atoms. The van der Waals surface area contributed by atoms with E-state index in [0.29, 0.717) is 42.4 Å². The van der Waals surface area contributed by atoms with E-state index in [1.54, 1.807) is 12.3 Å². The van der Waals surface area contributed by atoms with E-state index in [4.69, 9.17) is 19.2 Å². The second kappa shape index (κ2) is 7.95. The van der Waals surface area contributed by atoms with Crippen LogP contribution in [0.4, 0.5) is 0 Å². The maximum Gasteiger partial charge on any atom is 0.194 e. The van der Waals surface area contributed by atoms with Gasteiger partial charge in [-0.3, -0.25) is 0 Å². The molecule has 144 valence electrons. The van der Waals surface area contributed by atoms with Crippen LogP contribution in [0.25, 0.3) is 16.4 Å². The number of nitriles is 2. The summed E-state index contributed by atoms with van der Waals surface area (Å²) in [6.07, 6.45) is 4.95. The molecule has 0 radical (unpaired) electrons. The summed E-state index contributed by atoms with van der Waals surface area (Å²) in [4.78, 5) is 4.20. The molecular weight excluding hydrogens is 368 g/mol. The largest absolute Gasteiger partial charge is 0.493 e. The number of pyridine rings is 1. The van der Waals surface area contributed by atoms with Crippen LogP contribution in [0.15, 0.2) is 47.1 Å². The van der Waals surface area contributed by atoms with Gasteiger partial charge in [0.1, 0.15) is 29.4 Å². The third-order valence-corrected chi connectivity index (χ3v) is 4.56. The van der Waals surface area contributed by atoms with E-state index in [0.717, 1.165) is 22.2 Å². The van der Waals surface area contributed by atoms with Gasteiger partial charge in [-0.25, -0.2) is 4.98 Å². The fourth-order valence-electron chi connectivity index (χ4n) is 3.35.